The minimum atomic E-state index is -0.456. The van der Waals surface area contributed by atoms with E-state index in [0.717, 1.165) is 11.3 Å². The van der Waals surface area contributed by atoms with E-state index in [4.69, 9.17) is 0 Å². The van der Waals surface area contributed by atoms with Crippen LogP contribution in [0.1, 0.15) is 36.0 Å². The number of benzene rings is 2. The van der Waals surface area contributed by atoms with E-state index in [-0.39, 0.29) is 17.5 Å². The van der Waals surface area contributed by atoms with Crippen LogP contribution < -0.4 is 5.32 Å². The van der Waals surface area contributed by atoms with Crippen LogP contribution in [-0.2, 0) is 0 Å². The van der Waals surface area contributed by atoms with Crippen molar-refractivity contribution in [3.8, 4) is 0 Å². The molecule has 1 aliphatic rings. The molecule has 0 bridgehead atoms. The van der Waals surface area contributed by atoms with E-state index in [1.54, 1.807) is 6.92 Å². The Morgan fingerprint density at radius 2 is 1.85 bits per heavy atom. The molecule has 2 aromatic carbocycles. The van der Waals surface area contributed by atoms with Crippen LogP contribution >= 0.6 is 0 Å². The van der Waals surface area contributed by atoms with E-state index in [0.29, 0.717) is 12.0 Å². The number of anilines is 1. The zero-order valence-electron chi connectivity index (χ0n) is 11.6. The van der Waals surface area contributed by atoms with E-state index in [1.807, 2.05) is 31.2 Å². The summed E-state index contributed by atoms with van der Waals surface area (Å²) in [5.41, 5.74) is 2.63. The highest BCUT2D eigenvalue weighted by Gasteiger charge is 2.30. The molecule has 0 radical (unpaired) electrons. The Bertz CT molecular complexity index is 651. The molecule has 1 nitrogen and oxygen atoms in total. The largest absolute Gasteiger partial charge is 0.382 e. The van der Waals surface area contributed by atoms with Gasteiger partial charge in [0, 0.05) is 23.2 Å². The molecule has 0 spiro atoms. The molecule has 2 aromatic rings. The van der Waals surface area contributed by atoms with Crippen molar-refractivity contribution in [1.82, 2.24) is 0 Å². The van der Waals surface area contributed by atoms with Crippen LogP contribution in [0.4, 0.5) is 14.5 Å². The molecule has 0 amide bonds. The number of fused-ring (bicyclic) bond motifs is 1. The van der Waals surface area contributed by atoms with Gasteiger partial charge in [-0.1, -0.05) is 24.3 Å². The van der Waals surface area contributed by atoms with Crippen molar-refractivity contribution < 1.29 is 8.78 Å². The monoisotopic (exact) mass is 273 g/mol. The van der Waals surface area contributed by atoms with Gasteiger partial charge in [-0.3, -0.25) is 0 Å². The predicted molar refractivity (Wildman–Crippen MR) is 77.1 cm³/mol. The van der Waals surface area contributed by atoms with Crippen molar-refractivity contribution in [2.45, 2.75) is 32.2 Å². The Labute approximate surface area is 117 Å². The first kappa shape index (κ1) is 13.1. The molecule has 3 rings (SSSR count). The van der Waals surface area contributed by atoms with E-state index in [1.165, 1.54) is 12.1 Å². The van der Waals surface area contributed by atoms with Gasteiger partial charge in [0.15, 0.2) is 0 Å². The molecule has 0 aromatic heterocycles. The minimum Gasteiger partial charge on any atom is -0.382 e. The van der Waals surface area contributed by atoms with E-state index < -0.39 is 11.6 Å². The number of para-hydroxylation sites is 1. The van der Waals surface area contributed by atoms with Crippen LogP contribution in [0, 0.1) is 18.6 Å². The fourth-order valence-corrected chi connectivity index (χ4v) is 3.01. The lowest BCUT2D eigenvalue weighted by Gasteiger charge is -2.32. The molecule has 1 aliphatic heterocycles. The normalized spacial score (nSPS) is 21.2. The maximum atomic E-state index is 14.4. The van der Waals surface area contributed by atoms with Gasteiger partial charge in [-0.15, -0.1) is 0 Å². The lowest BCUT2D eigenvalue weighted by molar-refractivity contribution is 0.509. The maximum absolute atomic E-state index is 14.4. The van der Waals surface area contributed by atoms with Gasteiger partial charge >= 0.3 is 0 Å². The summed E-state index contributed by atoms with van der Waals surface area (Å²) in [6.45, 7) is 3.71. The van der Waals surface area contributed by atoms with Gasteiger partial charge in [0.05, 0.1) is 0 Å². The first-order valence-electron chi connectivity index (χ1n) is 6.88. The number of nitrogens with one attached hydrogen (secondary N) is 1. The molecule has 2 atom stereocenters. The van der Waals surface area contributed by atoms with Gasteiger partial charge in [0.1, 0.15) is 11.6 Å². The molecule has 0 fully saturated rings. The van der Waals surface area contributed by atoms with Crippen molar-refractivity contribution in [3.05, 3.63) is 64.7 Å². The van der Waals surface area contributed by atoms with Crippen LogP contribution in [0.5, 0.6) is 0 Å². The summed E-state index contributed by atoms with van der Waals surface area (Å²) in [4.78, 5) is 0. The molecular weight excluding hydrogens is 256 g/mol. The lowest BCUT2D eigenvalue weighted by Crippen LogP contribution is -2.27. The second-order valence-electron chi connectivity index (χ2n) is 5.51. The zero-order chi connectivity index (χ0) is 14.3. The molecule has 0 saturated heterocycles. The summed E-state index contributed by atoms with van der Waals surface area (Å²) < 4.78 is 28.6. The summed E-state index contributed by atoms with van der Waals surface area (Å²) in [5.74, 6) is -1.11. The summed E-state index contributed by atoms with van der Waals surface area (Å²) in [7, 11) is 0. The highest BCUT2D eigenvalue weighted by atomic mass is 19.1. The van der Waals surface area contributed by atoms with Gasteiger partial charge in [0.25, 0.3) is 0 Å². The van der Waals surface area contributed by atoms with Crippen LogP contribution in [-0.4, -0.2) is 6.04 Å². The maximum Gasteiger partial charge on any atom is 0.132 e. The number of hydrogen-bond donors (Lipinski definition) is 1. The Kier molecular flexibility index (Phi) is 3.20. The van der Waals surface area contributed by atoms with E-state index in [2.05, 4.69) is 5.32 Å². The molecule has 0 saturated carbocycles. The average molecular weight is 273 g/mol. The van der Waals surface area contributed by atoms with Crippen molar-refractivity contribution in [3.63, 3.8) is 0 Å². The topological polar surface area (TPSA) is 12.0 Å². The zero-order valence-corrected chi connectivity index (χ0v) is 11.6. The third-order valence-electron chi connectivity index (χ3n) is 4.00. The first-order valence-corrected chi connectivity index (χ1v) is 6.88. The fraction of sp³-hybridized carbons (Fsp3) is 0.294. The van der Waals surface area contributed by atoms with Crippen molar-refractivity contribution in [2.75, 3.05) is 5.32 Å². The van der Waals surface area contributed by atoms with Crippen molar-refractivity contribution in [1.29, 1.82) is 0 Å². The molecule has 0 aliphatic carbocycles. The van der Waals surface area contributed by atoms with Crippen molar-refractivity contribution >= 4 is 5.69 Å². The second-order valence-corrected chi connectivity index (χ2v) is 5.51. The Morgan fingerprint density at radius 3 is 2.65 bits per heavy atom. The Morgan fingerprint density at radius 1 is 1.10 bits per heavy atom. The first-order chi connectivity index (χ1) is 9.58. The Hall–Kier alpha value is -1.90. The average Bonchev–Trinajstić information content (AvgIpc) is 2.43. The second kappa shape index (κ2) is 4.89. The van der Waals surface area contributed by atoms with Crippen LogP contribution in [0.25, 0.3) is 0 Å². The molecule has 2 unspecified atom stereocenters. The standard InChI is InChI=1S/C17H17F2N/c1-10-7-8-14(18)16(17(10)19)13-9-11(2)20-15-6-4-3-5-12(13)15/h3-8,11,13,20H,9H2,1-2H3. The number of hydrogen-bond acceptors (Lipinski definition) is 1. The fourth-order valence-electron chi connectivity index (χ4n) is 3.01. The van der Waals surface area contributed by atoms with Crippen LogP contribution in [0.3, 0.4) is 0 Å². The van der Waals surface area contributed by atoms with Crippen LogP contribution in [0.15, 0.2) is 36.4 Å². The van der Waals surface area contributed by atoms with E-state index in [9.17, 15) is 8.78 Å². The highest BCUT2D eigenvalue weighted by Crippen LogP contribution is 2.40. The molecule has 1 heterocycles. The SMILES string of the molecule is Cc1ccc(F)c(C2CC(C)Nc3ccccc32)c1F. The van der Waals surface area contributed by atoms with Gasteiger partial charge in [0.2, 0.25) is 0 Å². The molecular formula is C17H17F2N. The van der Waals surface area contributed by atoms with Gasteiger partial charge in [-0.25, -0.2) is 8.78 Å². The highest BCUT2D eigenvalue weighted by molar-refractivity contribution is 5.58. The smallest absolute Gasteiger partial charge is 0.132 e. The third-order valence-corrected chi connectivity index (χ3v) is 4.00. The van der Waals surface area contributed by atoms with E-state index >= 15 is 0 Å². The molecule has 3 heteroatoms. The number of aryl methyl sites for hydroxylation is 1. The van der Waals surface area contributed by atoms with Crippen LogP contribution in [0.2, 0.25) is 0 Å². The molecule has 20 heavy (non-hydrogen) atoms. The summed E-state index contributed by atoms with van der Waals surface area (Å²) in [5, 5.41) is 3.37. The quantitative estimate of drug-likeness (QED) is 0.800. The molecule has 104 valence electrons. The minimum absolute atomic E-state index is 0.189. The lowest BCUT2D eigenvalue weighted by atomic mass is 9.81. The summed E-state index contributed by atoms with van der Waals surface area (Å²) in [6.07, 6.45) is 0.689. The predicted octanol–water partition coefficient (Wildman–Crippen LogP) is 4.61. The summed E-state index contributed by atoms with van der Waals surface area (Å²) >= 11 is 0. The molecule has 1 N–H and O–H groups in total. The number of rotatable bonds is 1. The third kappa shape index (κ3) is 2.07. The van der Waals surface area contributed by atoms with Gasteiger partial charge in [-0.05, 0) is 43.5 Å². The number of halogens is 2. The van der Waals surface area contributed by atoms with Gasteiger partial charge < -0.3 is 5.32 Å². The Balaban J connectivity index is 2.18. The summed E-state index contributed by atoms with van der Waals surface area (Å²) in [6, 6.07) is 10.8. The van der Waals surface area contributed by atoms with Gasteiger partial charge in [-0.2, -0.15) is 0 Å². The van der Waals surface area contributed by atoms with Crippen molar-refractivity contribution in [2.24, 2.45) is 0 Å².